The van der Waals surface area contributed by atoms with E-state index >= 15 is 0 Å². The predicted molar refractivity (Wildman–Crippen MR) is 237 cm³/mol. The number of halogens is 3. The number of nitrogens with two attached hydrogens (primary N) is 1. The van der Waals surface area contributed by atoms with E-state index in [1.807, 2.05) is 89.6 Å². The second kappa shape index (κ2) is 25.3. The van der Waals surface area contributed by atoms with Crippen LogP contribution >= 0.6 is 68.8 Å². The lowest BCUT2D eigenvalue weighted by molar-refractivity contribution is -0.143. The summed E-state index contributed by atoms with van der Waals surface area (Å²) in [5.41, 5.74) is 7.75. The summed E-state index contributed by atoms with van der Waals surface area (Å²) in [4.78, 5) is 27.3. The number of hydrogen-bond acceptors (Lipinski definition) is 10. The first-order valence-electron chi connectivity index (χ1n) is 18.0. The molecular formula is C43H44Cl3N5O3S3. The number of esters is 1. The number of nitriles is 1. The van der Waals surface area contributed by atoms with Crippen molar-refractivity contribution in [1.82, 2.24) is 16.0 Å². The van der Waals surface area contributed by atoms with Crippen molar-refractivity contribution in [1.29, 1.82) is 5.26 Å². The van der Waals surface area contributed by atoms with Crippen LogP contribution in [-0.4, -0.2) is 38.6 Å². The number of hydrogen-bond donors (Lipinski definition) is 4. The van der Waals surface area contributed by atoms with Gasteiger partial charge in [-0.05, 0) is 82.9 Å². The summed E-state index contributed by atoms with van der Waals surface area (Å²) in [5, 5.41) is 26.7. The Balaban J connectivity index is 0.000000190. The van der Waals surface area contributed by atoms with Crippen LogP contribution in [0.1, 0.15) is 49.4 Å². The first-order chi connectivity index (χ1) is 27.7. The first kappa shape index (κ1) is 45.6. The van der Waals surface area contributed by atoms with E-state index in [0.29, 0.717) is 28.2 Å². The van der Waals surface area contributed by atoms with Gasteiger partial charge in [0.15, 0.2) is 0 Å². The van der Waals surface area contributed by atoms with E-state index in [1.165, 1.54) is 21.7 Å². The van der Waals surface area contributed by atoms with Gasteiger partial charge in [0.2, 0.25) is 5.91 Å². The Labute approximate surface area is 361 Å². The third-order valence-corrected chi connectivity index (χ3v) is 12.2. The molecule has 14 heteroatoms. The number of benzene rings is 3. The lowest BCUT2D eigenvalue weighted by atomic mass is 10.1. The monoisotopic (exact) mass is 879 g/mol. The highest BCUT2D eigenvalue weighted by atomic mass is 35.5. The summed E-state index contributed by atoms with van der Waals surface area (Å²) < 4.78 is 4.85. The van der Waals surface area contributed by atoms with Gasteiger partial charge in [0.25, 0.3) is 0 Å². The fraction of sp³-hybridized carbons (Fsp3) is 0.233. The van der Waals surface area contributed by atoms with E-state index in [9.17, 15) is 14.9 Å². The highest BCUT2D eigenvalue weighted by Gasteiger charge is 2.23. The number of primary amides is 1. The molecule has 0 fully saturated rings. The molecule has 6 rings (SSSR count). The van der Waals surface area contributed by atoms with Crippen molar-refractivity contribution >= 4 is 80.7 Å². The van der Waals surface area contributed by atoms with E-state index in [2.05, 4.69) is 45.6 Å². The van der Waals surface area contributed by atoms with Crippen LogP contribution in [0.2, 0.25) is 15.1 Å². The van der Waals surface area contributed by atoms with Gasteiger partial charge in [0.05, 0.1) is 13.2 Å². The van der Waals surface area contributed by atoms with E-state index in [0.717, 1.165) is 42.5 Å². The number of carbonyl (C=O) groups excluding carboxylic acids is 2. The quantitative estimate of drug-likeness (QED) is 0.0672. The topological polar surface area (TPSA) is 129 Å². The van der Waals surface area contributed by atoms with Crippen molar-refractivity contribution in [3.63, 3.8) is 0 Å². The Morgan fingerprint density at radius 3 is 1.37 bits per heavy atom. The van der Waals surface area contributed by atoms with Crippen LogP contribution in [0.25, 0.3) is 0 Å². The van der Waals surface area contributed by atoms with Crippen LogP contribution in [0.5, 0.6) is 0 Å². The van der Waals surface area contributed by atoms with E-state index < -0.39 is 18.0 Å². The maximum Gasteiger partial charge on any atom is 0.327 e. The number of nitrogens with one attached hydrogen (secondary N) is 3. The molecule has 0 saturated heterocycles. The third-order valence-electron chi connectivity index (χ3n) is 8.40. The highest BCUT2D eigenvalue weighted by Crippen LogP contribution is 2.25. The van der Waals surface area contributed by atoms with Crippen LogP contribution in [-0.2, 0) is 33.6 Å². The summed E-state index contributed by atoms with van der Waals surface area (Å²) in [6.07, 6.45) is 2.67. The summed E-state index contributed by atoms with van der Waals surface area (Å²) in [6.45, 7) is 2.13. The SMILES string of the molecule is COC(=O)C(NCCc1cccs1)c1ccccc1Cl.N#CC(NCCc1cccs1)c1ccccc1Cl.NC(=O)C(NCCc1cccs1)c1ccccc1Cl. The lowest BCUT2D eigenvalue weighted by Crippen LogP contribution is -2.34. The number of methoxy groups -OCH3 is 1. The number of thiophene rings is 3. The minimum absolute atomic E-state index is 0.329. The van der Waals surface area contributed by atoms with Gasteiger partial charge >= 0.3 is 5.97 Å². The molecule has 3 aromatic heterocycles. The highest BCUT2D eigenvalue weighted by molar-refractivity contribution is 7.10. The van der Waals surface area contributed by atoms with Crippen LogP contribution in [0, 0.1) is 11.3 Å². The Bertz CT molecular complexity index is 2110. The van der Waals surface area contributed by atoms with E-state index in [1.54, 1.807) is 46.1 Å². The molecule has 0 aliphatic carbocycles. The van der Waals surface area contributed by atoms with Gasteiger partial charge < -0.3 is 21.1 Å². The fourth-order valence-corrected chi connectivity index (χ4v) is 8.40. The smallest absolute Gasteiger partial charge is 0.327 e. The Morgan fingerprint density at radius 2 is 1.00 bits per heavy atom. The summed E-state index contributed by atoms with van der Waals surface area (Å²) >= 11 is 23.5. The zero-order valence-corrected chi connectivity index (χ0v) is 35.9. The Morgan fingerprint density at radius 1 is 0.614 bits per heavy atom. The minimum Gasteiger partial charge on any atom is -0.468 e. The lowest BCUT2D eigenvalue weighted by Gasteiger charge is -2.17. The van der Waals surface area contributed by atoms with Gasteiger partial charge in [-0.25, -0.2) is 4.79 Å². The molecule has 0 spiro atoms. The molecule has 3 heterocycles. The second-order valence-electron chi connectivity index (χ2n) is 12.3. The average molecular weight is 881 g/mol. The molecule has 3 aromatic carbocycles. The molecule has 1 amide bonds. The second-order valence-corrected chi connectivity index (χ2v) is 16.6. The number of carbonyl (C=O) groups is 2. The van der Waals surface area contributed by atoms with Crippen LogP contribution in [0.3, 0.4) is 0 Å². The summed E-state index contributed by atoms with van der Waals surface area (Å²) in [6, 6.07) is 35.1. The van der Waals surface area contributed by atoms with Crippen molar-refractivity contribution in [2.45, 2.75) is 37.4 Å². The van der Waals surface area contributed by atoms with Gasteiger partial charge in [-0.2, -0.15) is 5.26 Å². The maximum atomic E-state index is 11.9. The van der Waals surface area contributed by atoms with Crippen molar-refractivity contribution in [2.24, 2.45) is 5.73 Å². The summed E-state index contributed by atoms with van der Waals surface area (Å²) in [7, 11) is 1.38. The van der Waals surface area contributed by atoms with Gasteiger partial charge in [0.1, 0.15) is 18.1 Å². The molecule has 0 saturated carbocycles. The predicted octanol–water partition coefficient (Wildman–Crippen LogP) is 10.0. The number of rotatable bonds is 17. The average Bonchev–Trinajstić information content (AvgIpc) is 4.04. The summed E-state index contributed by atoms with van der Waals surface area (Å²) in [5.74, 6) is -0.747. The molecule has 8 nitrogen and oxygen atoms in total. The molecule has 298 valence electrons. The molecule has 3 unspecified atom stereocenters. The molecule has 0 aliphatic rings. The molecule has 0 radical (unpaired) electrons. The van der Waals surface area contributed by atoms with Crippen LogP contribution < -0.4 is 21.7 Å². The van der Waals surface area contributed by atoms with Gasteiger partial charge in [-0.15, -0.1) is 34.0 Å². The molecular weight excluding hydrogens is 837 g/mol. The number of nitrogens with zero attached hydrogens (tertiary/aromatic N) is 1. The van der Waals surface area contributed by atoms with Gasteiger partial charge in [0, 0.05) is 54.9 Å². The van der Waals surface area contributed by atoms with Crippen molar-refractivity contribution in [3.05, 3.63) is 172 Å². The molecule has 5 N–H and O–H groups in total. The zero-order valence-electron chi connectivity index (χ0n) is 31.2. The van der Waals surface area contributed by atoms with Crippen LogP contribution in [0.4, 0.5) is 0 Å². The van der Waals surface area contributed by atoms with Crippen molar-refractivity contribution in [3.8, 4) is 6.07 Å². The fourth-order valence-electron chi connectivity index (χ4n) is 5.54. The number of ether oxygens (including phenoxy) is 1. The number of amides is 1. The van der Waals surface area contributed by atoms with E-state index in [4.69, 9.17) is 45.3 Å². The molecule has 0 bridgehead atoms. The maximum absolute atomic E-state index is 11.9. The van der Waals surface area contributed by atoms with Crippen molar-refractivity contribution < 1.29 is 14.3 Å². The van der Waals surface area contributed by atoms with Gasteiger partial charge in [-0.3, -0.25) is 10.1 Å². The molecule has 0 aliphatic heterocycles. The molecule has 3 atom stereocenters. The van der Waals surface area contributed by atoms with Crippen LogP contribution in [0.15, 0.2) is 125 Å². The Kier molecular flexibility index (Phi) is 20.3. The molecule has 57 heavy (non-hydrogen) atoms. The van der Waals surface area contributed by atoms with E-state index in [-0.39, 0.29) is 12.0 Å². The third kappa shape index (κ3) is 15.3. The molecule has 6 aromatic rings. The normalized spacial score (nSPS) is 12.1. The Hall–Kier alpha value is -4.06. The zero-order chi connectivity index (χ0) is 40.8. The van der Waals surface area contributed by atoms with Crippen molar-refractivity contribution in [2.75, 3.05) is 26.7 Å². The largest absolute Gasteiger partial charge is 0.468 e. The standard InChI is InChI=1S/C15H16ClNO2S.C14H15ClN2OS.C14H13ClN2S/c1-19-15(18)14(12-6-2-3-7-13(12)16)17-9-8-11-5-4-10-20-11;15-12-6-2-1-5-11(12)13(14(16)18)17-8-7-10-4-3-9-19-10;15-13-6-2-1-5-12(13)14(10-16)17-8-7-11-4-3-9-18-11/h2-7,10,14,17H,8-9H2,1H3;1-6,9,13,17H,7-8H2,(H2,16,18);1-6,9,14,17H,7-8H2. The van der Waals surface area contributed by atoms with Gasteiger partial charge in [-0.1, -0.05) is 108 Å². The minimum atomic E-state index is -0.548. The first-order valence-corrected chi connectivity index (χ1v) is 21.8.